The number of nitrogens with two attached hydrogens (primary N) is 1. The molecule has 0 spiro atoms. The van der Waals surface area contributed by atoms with Crippen molar-refractivity contribution in [2.45, 2.75) is 46.0 Å². The minimum Gasteiger partial charge on any atom is -0.330 e. The Morgan fingerprint density at radius 3 is 1.82 bits per heavy atom. The first-order chi connectivity index (χ1) is 10.4. The number of hydrogen-bond acceptors (Lipinski definition) is 1. The van der Waals surface area contributed by atoms with Gasteiger partial charge in [0.25, 0.3) is 0 Å². The van der Waals surface area contributed by atoms with Crippen molar-refractivity contribution < 1.29 is 0 Å². The van der Waals surface area contributed by atoms with Crippen LogP contribution in [0.2, 0.25) is 0 Å². The molecule has 1 heteroatoms. The van der Waals surface area contributed by atoms with Gasteiger partial charge in [-0.05, 0) is 53.0 Å². The Labute approximate surface area is 135 Å². The predicted molar refractivity (Wildman–Crippen MR) is 97.1 cm³/mol. The average molecular weight is 295 g/mol. The first kappa shape index (κ1) is 16.8. The monoisotopic (exact) mass is 295 g/mol. The molecule has 0 radical (unpaired) electrons. The molecular weight excluding hydrogens is 266 g/mol. The second-order valence-corrected chi connectivity index (χ2v) is 7.41. The molecule has 0 aliphatic heterocycles. The van der Waals surface area contributed by atoms with Crippen LogP contribution in [-0.2, 0) is 11.8 Å². The van der Waals surface area contributed by atoms with Crippen molar-refractivity contribution in [1.82, 2.24) is 0 Å². The van der Waals surface area contributed by atoms with Gasteiger partial charge in [0.15, 0.2) is 0 Å². The Morgan fingerprint density at radius 2 is 1.36 bits per heavy atom. The van der Waals surface area contributed by atoms with Gasteiger partial charge in [-0.1, -0.05) is 76.2 Å². The molecule has 2 rings (SSSR count). The summed E-state index contributed by atoms with van der Waals surface area (Å²) >= 11 is 0. The molecule has 0 saturated heterocycles. The van der Waals surface area contributed by atoms with Crippen molar-refractivity contribution in [2.24, 2.45) is 11.7 Å². The lowest BCUT2D eigenvalue weighted by atomic mass is 9.86. The molecule has 1 nitrogen and oxygen atoms in total. The van der Waals surface area contributed by atoms with E-state index in [9.17, 15) is 0 Å². The molecule has 118 valence electrons. The standard InChI is InChI=1S/C21H29N/c1-16(13-14-22)15-17-5-7-18(8-6-17)19-9-11-20(12-10-19)21(2,3)4/h5-12,16H,13-15,22H2,1-4H3. The van der Waals surface area contributed by atoms with Gasteiger partial charge in [0, 0.05) is 0 Å². The fourth-order valence-corrected chi connectivity index (χ4v) is 2.78. The predicted octanol–water partition coefficient (Wildman–Crippen LogP) is 5.18. The minimum absolute atomic E-state index is 0.210. The molecule has 2 N–H and O–H groups in total. The maximum Gasteiger partial charge on any atom is -0.00746 e. The average Bonchev–Trinajstić information content (AvgIpc) is 2.47. The summed E-state index contributed by atoms with van der Waals surface area (Å²) in [5.41, 5.74) is 11.2. The van der Waals surface area contributed by atoms with Crippen LogP contribution in [-0.4, -0.2) is 6.54 Å². The summed E-state index contributed by atoms with van der Waals surface area (Å²) in [4.78, 5) is 0. The summed E-state index contributed by atoms with van der Waals surface area (Å²) in [5, 5.41) is 0. The fourth-order valence-electron chi connectivity index (χ4n) is 2.78. The maximum absolute atomic E-state index is 5.63. The van der Waals surface area contributed by atoms with Crippen LogP contribution < -0.4 is 5.73 Å². The Hall–Kier alpha value is -1.60. The molecule has 22 heavy (non-hydrogen) atoms. The lowest BCUT2D eigenvalue weighted by molar-refractivity contribution is 0.538. The number of rotatable bonds is 5. The van der Waals surface area contributed by atoms with Gasteiger partial charge in [0.2, 0.25) is 0 Å². The number of hydrogen-bond donors (Lipinski definition) is 1. The molecule has 0 aliphatic carbocycles. The van der Waals surface area contributed by atoms with Crippen molar-refractivity contribution in [1.29, 1.82) is 0 Å². The van der Waals surface area contributed by atoms with Crippen molar-refractivity contribution >= 4 is 0 Å². The van der Waals surface area contributed by atoms with Crippen LogP contribution in [0, 0.1) is 5.92 Å². The Kier molecular flexibility index (Phi) is 5.42. The van der Waals surface area contributed by atoms with Gasteiger partial charge < -0.3 is 5.73 Å². The zero-order valence-electron chi connectivity index (χ0n) is 14.4. The van der Waals surface area contributed by atoms with Crippen LogP contribution in [0.15, 0.2) is 48.5 Å². The normalized spacial score (nSPS) is 13.1. The SMILES string of the molecule is CC(CCN)Cc1ccc(-c2ccc(C(C)(C)C)cc2)cc1. The van der Waals surface area contributed by atoms with Crippen molar-refractivity contribution in [3.05, 3.63) is 59.7 Å². The zero-order valence-corrected chi connectivity index (χ0v) is 14.4. The number of benzene rings is 2. The van der Waals surface area contributed by atoms with Crippen LogP contribution in [0.25, 0.3) is 11.1 Å². The van der Waals surface area contributed by atoms with E-state index in [1.807, 2.05) is 0 Å². The third-order valence-electron chi connectivity index (χ3n) is 4.28. The molecule has 2 aromatic rings. The van der Waals surface area contributed by atoms with Crippen LogP contribution >= 0.6 is 0 Å². The summed E-state index contributed by atoms with van der Waals surface area (Å²) in [6.07, 6.45) is 2.20. The Balaban J connectivity index is 2.10. The van der Waals surface area contributed by atoms with E-state index in [1.165, 1.54) is 22.3 Å². The molecule has 0 fully saturated rings. The smallest absolute Gasteiger partial charge is 0.00746 e. The third-order valence-corrected chi connectivity index (χ3v) is 4.28. The first-order valence-electron chi connectivity index (χ1n) is 8.30. The van der Waals surface area contributed by atoms with Gasteiger partial charge in [0.1, 0.15) is 0 Å². The molecule has 1 atom stereocenters. The third kappa shape index (κ3) is 4.45. The Bertz CT molecular complexity index is 573. The lowest BCUT2D eigenvalue weighted by Gasteiger charge is -2.19. The van der Waals surface area contributed by atoms with E-state index in [2.05, 4.69) is 76.2 Å². The van der Waals surface area contributed by atoms with E-state index in [4.69, 9.17) is 5.73 Å². The highest BCUT2D eigenvalue weighted by Gasteiger charge is 2.13. The van der Waals surface area contributed by atoms with E-state index in [-0.39, 0.29) is 5.41 Å². The highest BCUT2D eigenvalue weighted by molar-refractivity contribution is 5.64. The second kappa shape index (κ2) is 7.11. The van der Waals surface area contributed by atoms with Crippen LogP contribution in [0.1, 0.15) is 45.2 Å². The zero-order chi connectivity index (χ0) is 16.2. The molecule has 0 saturated carbocycles. The highest BCUT2D eigenvalue weighted by atomic mass is 14.5. The molecule has 0 bridgehead atoms. The van der Waals surface area contributed by atoms with Crippen molar-refractivity contribution in [2.75, 3.05) is 6.54 Å². The van der Waals surface area contributed by atoms with Gasteiger partial charge in [-0.2, -0.15) is 0 Å². The molecule has 0 aliphatic rings. The van der Waals surface area contributed by atoms with Gasteiger partial charge in [0.05, 0.1) is 0 Å². The molecule has 1 unspecified atom stereocenters. The van der Waals surface area contributed by atoms with Crippen LogP contribution in [0.5, 0.6) is 0 Å². The van der Waals surface area contributed by atoms with Gasteiger partial charge in [-0.3, -0.25) is 0 Å². The summed E-state index contributed by atoms with van der Waals surface area (Å²) in [7, 11) is 0. The van der Waals surface area contributed by atoms with E-state index in [0.717, 1.165) is 19.4 Å². The van der Waals surface area contributed by atoms with Crippen LogP contribution in [0.3, 0.4) is 0 Å². The summed E-state index contributed by atoms with van der Waals surface area (Å²) in [6.45, 7) is 9.79. The van der Waals surface area contributed by atoms with E-state index in [1.54, 1.807) is 0 Å². The summed E-state index contributed by atoms with van der Waals surface area (Å²) in [6, 6.07) is 17.9. The highest BCUT2D eigenvalue weighted by Crippen LogP contribution is 2.26. The topological polar surface area (TPSA) is 26.0 Å². The molecular formula is C21H29N. The van der Waals surface area contributed by atoms with Gasteiger partial charge >= 0.3 is 0 Å². The van der Waals surface area contributed by atoms with Crippen molar-refractivity contribution in [3.8, 4) is 11.1 Å². The second-order valence-electron chi connectivity index (χ2n) is 7.41. The first-order valence-corrected chi connectivity index (χ1v) is 8.30. The van der Waals surface area contributed by atoms with E-state index in [0.29, 0.717) is 5.92 Å². The van der Waals surface area contributed by atoms with E-state index >= 15 is 0 Å². The maximum atomic E-state index is 5.63. The van der Waals surface area contributed by atoms with Crippen molar-refractivity contribution in [3.63, 3.8) is 0 Å². The fraction of sp³-hybridized carbons (Fsp3) is 0.429. The van der Waals surface area contributed by atoms with E-state index < -0.39 is 0 Å². The molecule has 0 amide bonds. The minimum atomic E-state index is 0.210. The summed E-state index contributed by atoms with van der Waals surface area (Å²) < 4.78 is 0. The molecule has 0 heterocycles. The van der Waals surface area contributed by atoms with Gasteiger partial charge in [-0.25, -0.2) is 0 Å². The molecule has 2 aromatic carbocycles. The molecule has 0 aromatic heterocycles. The van der Waals surface area contributed by atoms with Crippen LogP contribution in [0.4, 0.5) is 0 Å². The summed E-state index contributed by atoms with van der Waals surface area (Å²) in [5.74, 6) is 0.655. The lowest BCUT2D eigenvalue weighted by Crippen LogP contribution is -2.10. The Morgan fingerprint density at radius 1 is 0.864 bits per heavy atom. The quantitative estimate of drug-likeness (QED) is 0.808. The van der Waals surface area contributed by atoms with Gasteiger partial charge in [-0.15, -0.1) is 0 Å². The largest absolute Gasteiger partial charge is 0.330 e.